The van der Waals surface area contributed by atoms with Crippen LogP contribution in [0.25, 0.3) is 11.0 Å². The van der Waals surface area contributed by atoms with Gasteiger partial charge < -0.3 is 15.2 Å². The third-order valence-electron chi connectivity index (χ3n) is 5.91. The van der Waals surface area contributed by atoms with Gasteiger partial charge in [0.2, 0.25) is 0 Å². The average Bonchev–Trinajstić information content (AvgIpc) is 2.97. The van der Waals surface area contributed by atoms with Crippen molar-refractivity contribution in [1.82, 2.24) is 19.9 Å². The lowest BCUT2D eigenvalue weighted by molar-refractivity contribution is -0.196. The molecule has 2 heterocycles. The fraction of sp³-hybridized carbons (Fsp3) is 0.381. The molecule has 0 unspecified atom stereocenters. The van der Waals surface area contributed by atoms with Crippen LogP contribution in [0.4, 0.5) is 19.0 Å². The van der Waals surface area contributed by atoms with E-state index in [1.165, 1.54) is 4.57 Å². The van der Waals surface area contributed by atoms with Gasteiger partial charge in [-0.25, -0.2) is 9.78 Å². The highest BCUT2D eigenvalue weighted by molar-refractivity contribution is 5.97. The van der Waals surface area contributed by atoms with E-state index in [9.17, 15) is 22.8 Å². The van der Waals surface area contributed by atoms with Gasteiger partial charge in [-0.3, -0.25) is 9.36 Å². The summed E-state index contributed by atoms with van der Waals surface area (Å²) in [5.41, 5.74) is 2.22. The van der Waals surface area contributed by atoms with Crippen LogP contribution in [0, 0.1) is 5.92 Å². The largest absolute Gasteiger partial charge is 0.391 e. The number of H-pyrrole nitrogens is 1. The molecule has 1 aliphatic carbocycles. The molecule has 0 saturated heterocycles. The van der Waals surface area contributed by atoms with Crippen LogP contribution >= 0.6 is 0 Å². The Morgan fingerprint density at radius 1 is 1.29 bits per heavy atom. The molecule has 0 radical (unpaired) electrons. The summed E-state index contributed by atoms with van der Waals surface area (Å²) in [6, 6.07) is 8.32. The van der Waals surface area contributed by atoms with Gasteiger partial charge in [-0.05, 0) is 42.7 Å². The monoisotopic (exact) mass is 433 g/mol. The maximum absolute atomic E-state index is 12.7. The standard InChI is InChI=1S/C21H22F3N5O2/c1-28(15-8-14(9-15)21(22,23)24)18-6-3-12(10-25-18)11-26-19(30)13-4-5-17-16(7-13)27-20(31)29(17)2/h3-7,10,14-15H,8-9,11H2,1-2H3,(H,26,30)(H,27,31)/t14-,15-. The van der Waals surface area contributed by atoms with E-state index in [4.69, 9.17) is 0 Å². The van der Waals surface area contributed by atoms with Crippen LogP contribution in [0.5, 0.6) is 0 Å². The molecular formula is C21H22F3N5O2. The molecule has 3 aromatic rings. The van der Waals surface area contributed by atoms with Crippen molar-refractivity contribution in [3.63, 3.8) is 0 Å². The number of pyridine rings is 1. The molecule has 2 aromatic heterocycles. The third-order valence-corrected chi connectivity index (χ3v) is 5.91. The molecule has 4 rings (SSSR count). The molecule has 1 saturated carbocycles. The number of imidazole rings is 1. The molecule has 0 aliphatic heterocycles. The summed E-state index contributed by atoms with van der Waals surface area (Å²) in [4.78, 5) is 32.9. The second kappa shape index (κ2) is 7.75. The topological polar surface area (TPSA) is 83.0 Å². The van der Waals surface area contributed by atoms with E-state index in [1.807, 2.05) is 0 Å². The molecule has 1 aliphatic rings. The number of alkyl halides is 3. The molecule has 2 N–H and O–H groups in total. The molecule has 0 spiro atoms. The Hall–Kier alpha value is -3.30. The molecule has 1 amide bonds. The quantitative estimate of drug-likeness (QED) is 0.648. The Morgan fingerprint density at radius 2 is 2.03 bits per heavy atom. The molecule has 31 heavy (non-hydrogen) atoms. The maximum atomic E-state index is 12.7. The maximum Gasteiger partial charge on any atom is 0.391 e. The van der Waals surface area contributed by atoms with Crippen LogP contribution in [-0.4, -0.2) is 39.7 Å². The van der Waals surface area contributed by atoms with Gasteiger partial charge in [0.25, 0.3) is 5.91 Å². The summed E-state index contributed by atoms with van der Waals surface area (Å²) in [5, 5.41) is 2.80. The van der Waals surface area contributed by atoms with Gasteiger partial charge in [-0.1, -0.05) is 6.07 Å². The zero-order chi connectivity index (χ0) is 22.3. The normalized spacial score (nSPS) is 18.6. The zero-order valence-corrected chi connectivity index (χ0v) is 17.0. The number of aryl methyl sites for hydroxylation is 1. The van der Waals surface area contributed by atoms with E-state index >= 15 is 0 Å². The van der Waals surface area contributed by atoms with E-state index in [2.05, 4.69) is 15.3 Å². The molecule has 0 atom stereocenters. The third kappa shape index (κ3) is 4.14. The number of carbonyl (C=O) groups is 1. The van der Waals surface area contributed by atoms with Crippen molar-refractivity contribution in [3.8, 4) is 0 Å². The SMILES string of the molecule is Cn1c(=O)[nH]c2cc(C(=O)NCc3ccc(N(C)[C@H]4C[C@H](C(F)(F)F)C4)nc3)ccc21. The minimum atomic E-state index is -4.13. The zero-order valence-electron chi connectivity index (χ0n) is 17.0. The van der Waals surface area contributed by atoms with Crippen LogP contribution in [0.3, 0.4) is 0 Å². The first kappa shape index (κ1) is 21.0. The molecule has 10 heteroatoms. The number of benzene rings is 1. The Balaban J connectivity index is 1.34. The van der Waals surface area contributed by atoms with E-state index in [0.29, 0.717) is 22.4 Å². The smallest absolute Gasteiger partial charge is 0.357 e. The van der Waals surface area contributed by atoms with Gasteiger partial charge in [-0.2, -0.15) is 13.2 Å². The molecule has 7 nitrogen and oxygen atoms in total. The predicted molar refractivity (Wildman–Crippen MR) is 110 cm³/mol. The Labute approximate surface area is 175 Å². The number of aromatic amines is 1. The van der Waals surface area contributed by atoms with E-state index in [0.717, 1.165) is 5.56 Å². The molecule has 164 valence electrons. The number of amides is 1. The fourth-order valence-electron chi connectivity index (χ4n) is 3.75. The Kier molecular flexibility index (Phi) is 5.24. The summed E-state index contributed by atoms with van der Waals surface area (Å²) in [6.45, 7) is 0.249. The number of hydrogen-bond donors (Lipinski definition) is 2. The number of hydrogen-bond acceptors (Lipinski definition) is 4. The first-order chi connectivity index (χ1) is 14.6. The van der Waals surface area contributed by atoms with Crippen molar-refractivity contribution in [2.24, 2.45) is 13.0 Å². The number of carbonyl (C=O) groups excluding carboxylic acids is 1. The second-order valence-electron chi connectivity index (χ2n) is 7.90. The molecular weight excluding hydrogens is 411 g/mol. The summed E-state index contributed by atoms with van der Waals surface area (Å²) in [6.07, 6.45) is -2.37. The van der Waals surface area contributed by atoms with E-state index < -0.39 is 12.1 Å². The van der Waals surface area contributed by atoms with Gasteiger partial charge >= 0.3 is 11.9 Å². The van der Waals surface area contributed by atoms with Gasteiger partial charge in [0.15, 0.2) is 0 Å². The van der Waals surface area contributed by atoms with Gasteiger partial charge in [-0.15, -0.1) is 0 Å². The minimum Gasteiger partial charge on any atom is -0.357 e. The van der Waals surface area contributed by atoms with Crippen molar-refractivity contribution in [1.29, 1.82) is 0 Å². The molecule has 1 aromatic carbocycles. The number of halogens is 3. The van der Waals surface area contributed by atoms with Gasteiger partial charge in [0, 0.05) is 38.4 Å². The van der Waals surface area contributed by atoms with E-state index in [-0.39, 0.29) is 37.0 Å². The number of nitrogens with one attached hydrogen (secondary N) is 2. The molecule has 0 bridgehead atoms. The molecule has 1 fully saturated rings. The lowest BCUT2D eigenvalue weighted by Crippen LogP contribution is -2.48. The van der Waals surface area contributed by atoms with Crippen LogP contribution in [0.2, 0.25) is 0 Å². The Morgan fingerprint density at radius 3 is 2.68 bits per heavy atom. The van der Waals surface area contributed by atoms with Crippen LogP contribution < -0.4 is 15.9 Å². The first-order valence-electron chi connectivity index (χ1n) is 9.85. The first-order valence-corrected chi connectivity index (χ1v) is 9.85. The summed E-state index contributed by atoms with van der Waals surface area (Å²) < 4.78 is 39.5. The number of anilines is 1. The van der Waals surface area contributed by atoms with Crippen LogP contribution in [0.1, 0.15) is 28.8 Å². The fourth-order valence-corrected chi connectivity index (χ4v) is 3.75. The van der Waals surface area contributed by atoms with Gasteiger partial charge in [0.1, 0.15) is 5.82 Å². The second-order valence-corrected chi connectivity index (χ2v) is 7.90. The van der Waals surface area contributed by atoms with Crippen molar-refractivity contribution in [3.05, 3.63) is 58.1 Å². The summed E-state index contributed by atoms with van der Waals surface area (Å²) >= 11 is 0. The highest BCUT2D eigenvalue weighted by atomic mass is 19.4. The summed E-state index contributed by atoms with van der Waals surface area (Å²) in [5.74, 6) is -0.929. The van der Waals surface area contributed by atoms with Crippen molar-refractivity contribution < 1.29 is 18.0 Å². The predicted octanol–water partition coefficient (Wildman–Crippen LogP) is 2.97. The van der Waals surface area contributed by atoms with Gasteiger partial charge in [0.05, 0.1) is 17.0 Å². The number of nitrogens with zero attached hydrogens (tertiary/aromatic N) is 3. The Bertz CT molecular complexity index is 1160. The van der Waals surface area contributed by atoms with Crippen LogP contribution in [-0.2, 0) is 13.6 Å². The van der Waals surface area contributed by atoms with Crippen molar-refractivity contribution in [2.45, 2.75) is 31.6 Å². The van der Waals surface area contributed by atoms with E-state index in [1.54, 1.807) is 55.5 Å². The number of fused-ring (bicyclic) bond motifs is 1. The van der Waals surface area contributed by atoms with Crippen molar-refractivity contribution in [2.75, 3.05) is 11.9 Å². The van der Waals surface area contributed by atoms with Crippen molar-refractivity contribution >= 4 is 22.8 Å². The lowest BCUT2D eigenvalue weighted by Gasteiger charge is -2.42. The lowest BCUT2D eigenvalue weighted by atomic mass is 9.79. The number of rotatable bonds is 5. The highest BCUT2D eigenvalue weighted by Gasteiger charge is 2.49. The minimum absolute atomic E-state index is 0.0799. The summed E-state index contributed by atoms with van der Waals surface area (Å²) in [7, 11) is 3.39. The number of aromatic nitrogens is 3. The highest BCUT2D eigenvalue weighted by Crippen LogP contribution is 2.43. The average molecular weight is 433 g/mol. The van der Waals surface area contributed by atoms with Crippen LogP contribution in [0.15, 0.2) is 41.3 Å².